The van der Waals surface area contributed by atoms with Gasteiger partial charge in [0, 0.05) is 32.2 Å². The number of rotatable bonds is 4. The Morgan fingerprint density at radius 3 is 3.00 bits per heavy atom. The van der Waals surface area contributed by atoms with Crippen LogP contribution < -0.4 is 5.32 Å². The molecule has 1 atom stereocenters. The van der Waals surface area contributed by atoms with Crippen LogP contribution in [0.4, 0.5) is 0 Å². The molecule has 2 heteroatoms. The second kappa shape index (κ2) is 5.40. The molecule has 1 fully saturated rings. The van der Waals surface area contributed by atoms with E-state index in [0.717, 1.165) is 25.4 Å². The van der Waals surface area contributed by atoms with Crippen LogP contribution in [0, 0.1) is 5.92 Å². The molecule has 1 heterocycles. The van der Waals surface area contributed by atoms with Gasteiger partial charge >= 0.3 is 0 Å². The molecule has 0 spiro atoms. The molecule has 0 aromatic carbocycles. The Labute approximate surface area is 82.0 Å². The zero-order valence-corrected chi connectivity index (χ0v) is 8.92. The molecule has 0 saturated carbocycles. The largest absolute Gasteiger partial charge is 0.314 e. The summed E-state index contributed by atoms with van der Waals surface area (Å²) >= 11 is 0. The molecule has 1 rings (SSSR count). The average Bonchev–Trinajstić information content (AvgIpc) is 2.15. The molecule has 13 heavy (non-hydrogen) atoms. The number of nitrogens with zero attached hydrogens (tertiary/aromatic N) is 1. The minimum Gasteiger partial charge on any atom is -0.314 e. The molecule has 76 valence electrons. The Morgan fingerprint density at radius 2 is 2.38 bits per heavy atom. The standard InChI is InChI=1S/C11H22N2/c1-4-5-7-13-8-6-12-9-11(13)10(2)3/h4,10-12H,1,5-9H2,2-3H3. The SMILES string of the molecule is C=CCCN1CCNCC1C(C)C. The first-order valence-electron chi connectivity index (χ1n) is 5.31. The maximum absolute atomic E-state index is 3.77. The topological polar surface area (TPSA) is 15.3 Å². The van der Waals surface area contributed by atoms with Gasteiger partial charge in [-0.05, 0) is 12.3 Å². The first-order chi connectivity index (χ1) is 6.25. The summed E-state index contributed by atoms with van der Waals surface area (Å²) in [6.45, 7) is 13.0. The Balaban J connectivity index is 2.41. The number of nitrogens with one attached hydrogen (secondary N) is 1. The monoisotopic (exact) mass is 182 g/mol. The number of hydrogen-bond acceptors (Lipinski definition) is 2. The zero-order valence-electron chi connectivity index (χ0n) is 8.92. The van der Waals surface area contributed by atoms with E-state index < -0.39 is 0 Å². The van der Waals surface area contributed by atoms with Gasteiger partial charge in [0.1, 0.15) is 0 Å². The second-order valence-electron chi connectivity index (χ2n) is 4.13. The summed E-state index contributed by atoms with van der Waals surface area (Å²) in [6, 6.07) is 0.716. The van der Waals surface area contributed by atoms with Crippen molar-refractivity contribution in [3.8, 4) is 0 Å². The molecule has 0 aromatic rings. The van der Waals surface area contributed by atoms with Crippen molar-refractivity contribution in [1.82, 2.24) is 10.2 Å². The van der Waals surface area contributed by atoms with Gasteiger partial charge in [-0.3, -0.25) is 4.90 Å². The average molecular weight is 182 g/mol. The van der Waals surface area contributed by atoms with Crippen molar-refractivity contribution in [3.63, 3.8) is 0 Å². The third-order valence-electron chi connectivity index (χ3n) is 2.79. The van der Waals surface area contributed by atoms with Crippen molar-refractivity contribution >= 4 is 0 Å². The lowest BCUT2D eigenvalue weighted by Gasteiger charge is -2.38. The Kier molecular flexibility index (Phi) is 4.46. The molecule has 0 amide bonds. The summed E-state index contributed by atoms with van der Waals surface area (Å²) in [4.78, 5) is 2.59. The van der Waals surface area contributed by atoms with E-state index in [4.69, 9.17) is 0 Å². The van der Waals surface area contributed by atoms with Gasteiger partial charge in [-0.15, -0.1) is 6.58 Å². The van der Waals surface area contributed by atoms with E-state index in [-0.39, 0.29) is 0 Å². The van der Waals surface area contributed by atoms with Crippen LogP contribution in [0.15, 0.2) is 12.7 Å². The van der Waals surface area contributed by atoms with E-state index in [1.807, 2.05) is 6.08 Å². The highest BCUT2D eigenvalue weighted by Crippen LogP contribution is 2.12. The van der Waals surface area contributed by atoms with Gasteiger partial charge in [-0.2, -0.15) is 0 Å². The van der Waals surface area contributed by atoms with Gasteiger partial charge < -0.3 is 5.32 Å². The maximum Gasteiger partial charge on any atom is 0.0244 e. The molecule has 0 radical (unpaired) electrons. The fraction of sp³-hybridized carbons (Fsp3) is 0.818. The van der Waals surface area contributed by atoms with Crippen LogP contribution in [-0.2, 0) is 0 Å². The van der Waals surface area contributed by atoms with Crippen LogP contribution >= 0.6 is 0 Å². The smallest absolute Gasteiger partial charge is 0.0244 e. The minimum atomic E-state index is 0.716. The summed E-state index contributed by atoms with van der Waals surface area (Å²) in [5, 5.41) is 3.46. The van der Waals surface area contributed by atoms with Crippen LogP contribution in [0.2, 0.25) is 0 Å². The van der Waals surface area contributed by atoms with Gasteiger partial charge in [0.15, 0.2) is 0 Å². The Bertz CT molecular complexity index is 154. The summed E-state index contributed by atoms with van der Waals surface area (Å²) in [6.07, 6.45) is 3.13. The molecule has 1 aliphatic rings. The molecule has 1 saturated heterocycles. The first kappa shape index (κ1) is 10.7. The molecule has 0 aromatic heterocycles. The fourth-order valence-electron chi connectivity index (χ4n) is 1.96. The molecule has 2 nitrogen and oxygen atoms in total. The summed E-state index contributed by atoms with van der Waals surface area (Å²) in [5.74, 6) is 0.748. The van der Waals surface area contributed by atoms with Crippen LogP contribution in [0.5, 0.6) is 0 Å². The fourth-order valence-corrected chi connectivity index (χ4v) is 1.96. The lowest BCUT2D eigenvalue weighted by Crippen LogP contribution is -2.53. The maximum atomic E-state index is 3.77. The minimum absolute atomic E-state index is 0.716. The molecule has 0 bridgehead atoms. The quantitative estimate of drug-likeness (QED) is 0.663. The predicted octanol–water partition coefficient (Wildman–Crippen LogP) is 1.49. The summed E-state index contributed by atoms with van der Waals surface area (Å²) in [5.41, 5.74) is 0. The highest BCUT2D eigenvalue weighted by Gasteiger charge is 2.23. The zero-order chi connectivity index (χ0) is 9.68. The number of piperazine rings is 1. The van der Waals surface area contributed by atoms with Crippen LogP contribution in [0.25, 0.3) is 0 Å². The van der Waals surface area contributed by atoms with Gasteiger partial charge in [-0.25, -0.2) is 0 Å². The highest BCUT2D eigenvalue weighted by atomic mass is 15.2. The van der Waals surface area contributed by atoms with Gasteiger partial charge in [0.2, 0.25) is 0 Å². The Hall–Kier alpha value is -0.340. The van der Waals surface area contributed by atoms with Crippen molar-refractivity contribution in [2.45, 2.75) is 26.3 Å². The van der Waals surface area contributed by atoms with Gasteiger partial charge in [-0.1, -0.05) is 19.9 Å². The normalized spacial score (nSPS) is 25.0. The Morgan fingerprint density at radius 1 is 1.62 bits per heavy atom. The van der Waals surface area contributed by atoms with E-state index in [1.165, 1.54) is 13.1 Å². The third-order valence-corrected chi connectivity index (χ3v) is 2.79. The van der Waals surface area contributed by atoms with Crippen molar-refractivity contribution in [1.29, 1.82) is 0 Å². The lowest BCUT2D eigenvalue weighted by atomic mass is 10.0. The molecule has 1 N–H and O–H groups in total. The predicted molar refractivity (Wildman–Crippen MR) is 57.9 cm³/mol. The van der Waals surface area contributed by atoms with Crippen molar-refractivity contribution in [2.24, 2.45) is 5.92 Å². The van der Waals surface area contributed by atoms with Crippen molar-refractivity contribution in [3.05, 3.63) is 12.7 Å². The van der Waals surface area contributed by atoms with Crippen LogP contribution in [-0.4, -0.2) is 37.1 Å². The van der Waals surface area contributed by atoms with E-state index >= 15 is 0 Å². The van der Waals surface area contributed by atoms with E-state index in [2.05, 4.69) is 30.6 Å². The highest BCUT2D eigenvalue weighted by molar-refractivity contribution is 4.83. The molecule has 1 unspecified atom stereocenters. The van der Waals surface area contributed by atoms with Gasteiger partial charge in [0.25, 0.3) is 0 Å². The summed E-state index contributed by atoms with van der Waals surface area (Å²) < 4.78 is 0. The van der Waals surface area contributed by atoms with Crippen molar-refractivity contribution in [2.75, 3.05) is 26.2 Å². The van der Waals surface area contributed by atoms with E-state index in [9.17, 15) is 0 Å². The molecule has 0 aliphatic carbocycles. The molecular formula is C11H22N2. The van der Waals surface area contributed by atoms with Crippen LogP contribution in [0.3, 0.4) is 0 Å². The molecule has 1 aliphatic heterocycles. The van der Waals surface area contributed by atoms with E-state index in [1.54, 1.807) is 0 Å². The van der Waals surface area contributed by atoms with Crippen molar-refractivity contribution < 1.29 is 0 Å². The van der Waals surface area contributed by atoms with Crippen LogP contribution in [0.1, 0.15) is 20.3 Å². The molecular weight excluding hydrogens is 160 g/mol. The first-order valence-corrected chi connectivity index (χ1v) is 5.31. The summed E-state index contributed by atoms with van der Waals surface area (Å²) in [7, 11) is 0. The number of hydrogen-bond donors (Lipinski definition) is 1. The lowest BCUT2D eigenvalue weighted by molar-refractivity contribution is 0.127. The second-order valence-corrected chi connectivity index (χ2v) is 4.13. The third kappa shape index (κ3) is 3.12. The van der Waals surface area contributed by atoms with E-state index in [0.29, 0.717) is 6.04 Å². The van der Waals surface area contributed by atoms with Gasteiger partial charge in [0.05, 0.1) is 0 Å².